The van der Waals surface area contributed by atoms with Crippen molar-refractivity contribution in [2.24, 2.45) is 5.73 Å². The molecule has 2 aromatic carbocycles. The summed E-state index contributed by atoms with van der Waals surface area (Å²) >= 11 is 11.8. The second-order valence-electron chi connectivity index (χ2n) is 4.21. The minimum Gasteiger partial charge on any atom is -0.496 e. The maximum absolute atomic E-state index is 5.95. The quantitative estimate of drug-likeness (QED) is 0.906. The van der Waals surface area contributed by atoms with Crippen LogP contribution in [0.4, 0.5) is 0 Å². The van der Waals surface area contributed by atoms with Crippen molar-refractivity contribution in [3.63, 3.8) is 0 Å². The first kappa shape index (κ1) is 15.0. The Morgan fingerprint density at radius 3 is 2.50 bits per heavy atom. The molecule has 0 amide bonds. The molecule has 2 aromatic rings. The van der Waals surface area contributed by atoms with Crippen LogP contribution >= 0.6 is 23.2 Å². The van der Waals surface area contributed by atoms with E-state index in [9.17, 15) is 0 Å². The molecule has 0 aliphatic carbocycles. The van der Waals surface area contributed by atoms with Crippen molar-refractivity contribution in [2.75, 3.05) is 7.11 Å². The van der Waals surface area contributed by atoms with E-state index in [-0.39, 0.29) is 0 Å². The van der Waals surface area contributed by atoms with Gasteiger partial charge in [0.05, 0.1) is 17.2 Å². The number of nitrogens with two attached hydrogens (primary N) is 1. The molecule has 0 aliphatic heterocycles. The summed E-state index contributed by atoms with van der Waals surface area (Å²) in [5.74, 6) is 1.42. The van der Waals surface area contributed by atoms with Crippen LogP contribution in [0.2, 0.25) is 10.0 Å². The van der Waals surface area contributed by atoms with E-state index in [0.29, 0.717) is 28.9 Å². The van der Waals surface area contributed by atoms with Gasteiger partial charge in [0.2, 0.25) is 0 Å². The van der Waals surface area contributed by atoms with Gasteiger partial charge in [-0.05, 0) is 29.8 Å². The minimum atomic E-state index is 0.370. The van der Waals surface area contributed by atoms with E-state index in [0.717, 1.165) is 16.9 Å². The molecule has 0 fully saturated rings. The topological polar surface area (TPSA) is 44.5 Å². The van der Waals surface area contributed by atoms with Crippen LogP contribution in [0.3, 0.4) is 0 Å². The molecule has 0 aliphatic rings. The van der Waals surface area contributed by atoms with Crippen LogP contribution in [0.5, 0.6) is 11.5 Å². The summed E-state index contributed by atoms with van der Waals surface area (Å²) in [6.07, 6.45) is 0. The Balaban J connectivity index is 2.15. The SMILES string of the molecule is COc1ccc(CN)cc1COc1ccc(Cl)c(Cl)c1. The van der Waals surface area contributed by atoms with Gasteiger partial charge in [-0.3, -0.25) is 0 Å². The van der Waals surface area contributed by atoms with Gasteiger partial charge in [0.1, 0.15) is 18.1 Å². The van der Waals surface area contributed by atoms with Gasteiger partial charge in [0, 0.05) is 18.2 Å². The zero-order chi connectivity index (χ0) is 14.5. The van der Waals surface area contributed by atoms with E-state index >= 15 is 0 Å². The van der Waals surface area contributed by atoms with E-state index in [1.165, 1.54) is 0 Å². The molecule has 0 atom stereocenters. The summed E-state index contributed by atoms with van der Waals surface area (Å²) < 4.78 is 11.0. The molecule has 0 aromatic heterocycles. The zero-order valence-corrected chi connectivity index (χ0v) is 12.5. The molecule has 106 valence electrons. The van der Waals surface area contributed by atoms with Crippen LogP contribution in [0.15, 0.2) is 36.4 Å². The van der Waals surface area contributed by atoms with Crippen LogP contribution in [0.1, 0.15) is 11.1 Å². The molecule has 0 unspecified atom stereocenters. The molecule has 0 radical (unpaired) electrons. The van der Waals surface area contributed by atoms with Gasteiger partial charge >= 0.3 is 0 Å². The first-order chi connectivity index (χ1) is 9.63. The summed E-state index contributed by atoms with van der Waals surface area (Å²) in [6.45, 7) is 0.846. The van der Waals surface area contributed by atoms with Crippen LogP contribution in [-0.2, 0) is 13.2 Å². The Morgan fingerprint density at radius 1 is 1.05 bits per heavy atom. The molecule has 0 saturated heterocycles. The van der Waals surface area contributed by atoms with E-state index in [1.54, 1.807) is 25.3 Å². The Kier molecular flexibility index (Phi) is 5.12. The number of methoxy groups -OCH3 is 1. The largest absolute Gasteiger partial charge is 0.496 e. The van der Waals surface area contributed by atoms with Crippen LogP contribution in [-0.4, -0.2) is 7.11 Å². The molecule has 5 heteroatoms. The molecule has 3 nitrogen and oxygen atoms in total. The number of rotatable bonds is 5. The zero-order valence-electron chi connectivity index (χ0n) is 11.0. The summed E-state index contributed by atoms with van der Waals surface area (Å²) in [5.41, 5.74) is 7.60. The fourth-order valence-electron chi connectivity index (χ4n) is 1.80. The van der Waals surface area contributed by atoms with Crippen LogP contribution in [0, 0.1) is 0 Å². The average molecular weight is 312 g/mol. The molecule has 0 spiro atoms. The third kappa shape index (κ3) is 3.57. The number of halogens is 2. The highest BCUT2D eigenvalue weighted by Crippen LogP contribution is 2.28. The van der Waals surface area contributed by atoms with Crippen molar-refractivity contribution < 1.29 is 9.47 Å². The first-order valence-corrected chi connectivity index (χ1v) is 6.83. The predicted molar refractivity (Wildman–Crippen MR) is 81.7 cm³/mol. The van der Waals surface area contributed by atoms with Gasteiger partial charge < -0.3 is 15.2 Å². The lowest BCUT2D eigenvalue weighted by molar-refractivity contribution is 0.296. The van der Waals surface area contributed by atoms with Crippen LogP contribution in [0.25, 0.3) is 0 Å². The Labute approximate surface area is 128 Å². The summed E-state index contributed by atoms with van der Waals surface area (Å²) in [5, 5.41) is 0.966. The van der Waals surface area contributed by atoms with Gasteiger partial charge in [-0.15, -0.1) is 0 Å². The van der Waals surface area contributed by atoms with Crippen molar-refractivity contribution in [2.45, 2.75) is 13.2 Å². The first-order valence-electron chi connectivity index (χ1n) is 6.07. The number of hydrogen-bond acceptors (Lipinski definition) is 3. The molecule has 0 heterocycles. The summed E-state index contributed by atoms with van der Waals surface area (Å²) in [7, 11) is 1.63. The molecule has 0 saturated carbocycles. The van der Waals surface area contributed by atoms with Gasteiger partial charge in [-0.2, -0.15) is 0 Å². The molecule has 20 heavy (non-hydrogen) atoms. The van der Waals surface area contributed by atoms with Crippen molar-refractivity contribution >= 4 is 23.2 Å². The molecule has 2 N–H and O–H groups in total. The van der Waals surface area contributed by atoms with E-state index in [2.05, 4.69) is 0 Å². The normalized spacial score (nSPS) is 10.4. The van der Waals surface area contributed by atoms with Gasteiger partial charge in [0.15, 0.2) is 0 Å². The Hall–Kier alpha value is -1.42. The van der Waals surface area contributed by atoms with Gasteiger partial charge in [-0.25, -0.2) is 0 Å². The maximum atomic E-state index is 5.95. The second-order valence-corrected chi connectivity index (χ2v) is 5.03. The highest BCUT2D eigenvalue weighted by molar-refractivity contribution is 6.42. The lowest BCUT2D eigenvalue weighted by Gasteiger charge is -2.12. The fraction of sp³-hybridized carbons (Fsp3) is 0.200. The third-order valence-corrected chi connectivity index (χ3v) is 3.60. The number of hydrogen-bond donors (Lipinski definition) is 1. The molecular weight excluding hydrogens is 297 g/mol. The number of benzene rings is 2. The van der Waals surface area contributed by atoms with Gasteiger partial charge in [0.25, 0.3) is 0 Å². The summed E-state index contributed by atoms with van der Waals surface area (Å²) in [6, 6.07) is 10.9. The third-order valence-electron chi connectivity index (χ3n) is 2.87. The lowest BCUT2D eigenvalue weighted by Crippen LogP contribution is -2.02. The molecule has 2 rings (SSSR count). The Bertz CT molecular complexity index is 602. The average Bonchev–Trinajstić information content (AvgIpc) is 2.48. The molecule has 0 bridgehead atoms. The van der Waals surface area contributed by atoms with E-state index in [1.807, 2.05) is 18.2 Å². The fourth-order valence-corrected chi connectivity index (χ4v) is 2.09. The van der Waals surface area contributed by atoms with E-state index < -0.39 is 0 Å². The Morgan fingerprint density at radius 2 is 1.85 bits per heavy atom. The van der Waals surface area contributed by atoms with Gasteiger partial charge in [-0.1, -0.05) is 29.3 Å². The lowest BCUT2D eigenvalue weighted by atomic mass is 10.1. The van der Waals surface area contributed by atoms with Crippen molar-refractivity contribution in [1.82, 2.24) is 0 Å². The number of ether oxygens (including phenoxy) is 2. The smallest absolute Gasteiger partial charge is 0.125 e. The van der Waals surface area contributed by atoms with Crippen molar-refractivity contribution in [3.05, 3.63) is 57.6 Å². The minimum absolute atomic E-state index is 0.370. The highest BCUT2D eigenvalue weighted by Gasteiger charge is 2.06. The van der Waals surface area contributed by atoms with Crippen LogP contribution < -0.4 is 15.2 Å². The summed E-state index contributed by atoms with van der Waals surface area (Å²) in [4.78, 5) is 0. The monoisotopic (exact) mass is 311 g/mol. The standard InChI is InChI=1S/C15H15Cl2NO2/c1-19-15-5-2-10(8-18)6-11(15)9-20-12-3-4-13(16)14(17)7-12/h2-7H,8-9,18H2,1H3. The predicted octanol–water partition coefficient (Wildman–Crippen LogP) is 4.04. The molecular formula is C15H15Cl2NO2. The van der Waals surface area contributed by atoms with E-state index in [4.69, 9.17) is 38.4 Å². The van der Waals surface area contributed by atoms with Crippen molar-refractivity contribution in [3.8, 4) is 11.5 Å². The second kappa shape index (κ2) is 6.84. The maximum Gasteiger partial charge on any atom is 0.125 e. The highest BCUT2D eigenvalue weighted by atomic mass is 35.5. The van der Waals surface area contributed by atoms with Crippen molar-refractivity contribution in [1.29, 1.82) is 0 Å².